The van der Waals surface area contributed by atoms with E-state index >= 15 is 0 Å². The molecule has 2 amide bonds. The number of piperidine rings is 1. The fourth-order valence-corrected chi connectivity index (χ4v) is 3.38. The van der Waals surface area contributed by atoms with Crippen LogP contribution in [0.1, 0.15) is 37.8 Å². The molecule has 0 aliphatic carbocycles. The number of carbonyl (C=O) groups excluding carboxylic acids is 2. The molecule has 1 aromatic rings. The van der Waals surface area contributed by atoms with Gasteiger partial charge < -0.3 is 4.90 Å². The lowest BCUT2D eigenvalue weighted by Crippen LogP contribution is -2.43. The first-order valence-corrected chi connectivity index (χ1v) is 8.13. The first-order chi connectivity index (χ1) is 11.5. The second-order valence-corrected chi connectivity index (χ2v) is 6.28. The largest absolute Gasteiger partial charge is 0.343 e. The Morgan fingerprint density at radius 1 is 1.08 bits per heavy atom. The van der Waals surface area contributed by atoms with E-state index in [1.807, 2.05) is 0 Å². The average Bonchev–Trinajstić information content (AvgIpc) is 3.03. The van der Waals surface area contributed by atoms with Crippen molar-refractivity contribution in [2.45, 2.75) is 32.2 Å². The summed E-state index contributed by atoms with van der Waals surface area (Å²) in [6.45, 7) is 2.93. The molecule has 2 aliphatic heterocycles. The van der Waals surface area contributed by atoms with E-state index < -0.39 is 17.7 Å². The van der Waals surface area contributed by atoms with Gasteiger partial charge in [0, 0.05) is 38.4 Å². The van der Waals surface area contributed by atoms with Crippen molar-refractivity contribution in [1.82, 2.24) is 9.96 Å². The fourth-order valence-electron chi connectivity index (χ4n) is 3.38. The molecular weight excluding hydrogens is 318 g/mol. The summed E-state index contributed by atoms with van der Waals surface area (Å²) in [4.78, 5) is 31.3. The maximum absolute atomic E-state index is 13.5. The Kier molecular flexibility index (Phi) is 4.80. The van der Waals surface area contributed by atoms with Gasteiger partial charge in [0.05, 0.1) is 12.6 Å². The Morgan fingerprint density at radius 2 is 1.71 bits per heavy atom. The lowest BCUT2D eigenvalue weighted by molar-refractivity contribution is -0.183. The normalized spacial score (nSPS) is 22.0. The van der Waals surface area contributed by atoms with Crippen LogP contribution < -0.4 is 0 Å². The second kappa shape index (κ2) is 6.84. The van der Waals surface area contributed by atoms with Crippen molar-refractivity contribution < 1.29 is 23.2 Å². The molecule has 3 rings (SSSR count). The van der Waals surface area contributed by atoms with Crippen LogP contribution in [0, 0.1) is 17.6 Å². The number of benzene rings is 1. The highest BCUT2D eigenvalue weighted by Gasteiger charge is 2.37. The van der Waals surface area contributed by atoms with Gasteiger partial charge in [0.2, 0.25) is 11.8 Å². The zero-order valence-electron chi connectivity index (χ0n) is 13.5. The number of hydrogen-bond acceptors (Lipinski definition) is 3. The third-order valence-electron chi connectivity index (χ3n) is 4.68. The van der Waals surface area contributed by atoms with E-state index in [4.69, 9.17) is 4.84 Å². The monoisotopic (exact) mass is 338 g/mol. The fraction of sp³-hybridized carbons (Fsp3) is 0.529. The van der Waals surface area contributed by atoms with E-state index in [2.05, 4.69) is 0 Å². The van der Waals surface area contributed by atoms with Gasteiger partial charge in [0.25, 0.3) is 0 Å². The summed E-state index contributed by atoms with van der Waals surface area (Å²) >= 11 is 0. The molecule has 2 saturated heterocycles. The molecule has 130 valence electrons. The van der Waals surface area contributed by atoms with Crippen molar-refractivity contribution in [3.63, 3.8) is 0 Å². The molecule has 0 aromatic heterocycles. The summed E-state index contributed by atoms with van der Waals surface area (Å²) in [7, 11) is 0. The highest BCUT2D eigenvalue weighted by Crippen LogP contribution is 2.34. The lowest BCUT2D eigenvalue weighted by atomic mass is 9.94. The Labute approximate surface area is 139 Å². The first-order valence-electron chi connectivity index (χ1n) is 8.13. The summed E-state index contributed by atoms with van der Waals surface area (Å²) in [5.74, 6) is -1.74. The molecular formula is C17H20F2N2O3. The van der Waals surface area contributed by atoms with Crippen molar-refractivity contribution in [3.8, 4) is 0 Å². The summed E-state index contributed by atoms with van der Waals surface area (Å²) in [6.07, 6.45) is 1.64. The Bertz CT molecular complexity index is 624. The molecule has 24 heavy (non-hydrogen) atoms. The number of hydrogen-bond donors (Lipinski definition) is 0. The van der Waals surface area contributed by atoms with Gasteiger partial charge in [-0.05, 0) is 30.5 Å². The predicted octanol–water partition coefficient (Wildman–Crippen LogP) is 2.43. The summed E-state index contributed by atoms with van der Waals surface area (Å²) in [5.41, 5.74) is 0.402. The van der Waals surface area contributed by atoms with Gasteiger partial charge in [-0.25, -0.2) is 13.8 Å². The van der Waals surface area contributed by atoms with Crippen molar-refractivity contribution >= 4 is 11.8 Å². The smallest absolute Gasteiger partial charge is 0.249 e. The molecule has 2 aliphatic rings. The summed E-state index contributed by atoms with van der Waals surface area (Å²) < 4.78 is 26.9. The molecule has 1 unspecified atom stereocenters. The van der Waals surface area contributed by atoms with Crippen LogP contribution in [0.4, 0.5) is 8.78 Å². The highest BCUT2D eigenvalue weighted by atomic mass is 19.1. The Morgan fingerprint density at radius 3 is 2.29 bits per heavy atom. The molecule has 0 radical (unpaired) electrons. The number of carbonyl (C=O) groups is 2. The van der Waals surface area contributed by atoms with E-state index in [0.29, 0.717) is 44.5 Å². The minimum absolute atomic E-state index is 0.00596. The maximum Gasteiger partial charge on any atom is 0.249 e. The Hall–Kier alpha value is -2.02. The van der Waals surface area contributed by atoms with Gasteiger partial charge >= 0.3 is 0 Å². The molecule has 5 nitrogen and oxygen atoms in total. The van der Waals surface area contributed by atoms with Gasteiger partial charge in [-0.1, -0.05) is 0 Å². The molecule has 0 saturated carbocycles. The maximum atomic E-state index is 13.5. The number of halogens is 2. The molecule has 7 heteroatoms. The minimum atomic E-state index is -0.668. The van der Waals surface area contributed by atoms with Gasteiger partial charge in [-0.3, -0.25) is 14.4 Å². The van der Waals surface area contributed by atoms with E-state index in [9.17, 15) is 18.4 Å². The number of hydroxylamine groups is 2. The number of nitrogens with zero attached hydrogens (tertiary/aromatic N) is 2. The van der Waals surface area contributed by atoms with Gasteiger partial charge in [0.1, 0.15) is 11.6 Å². The van der Waals surface area contributed by atoms with Crippen LogP contribution in [0.2, 0.25) is 0 Å². The molecule has 2 heterocycles. The molecule has 1 atom stereocenters. The van der Waals surface area contributed by atoms with Crippen LogP contribution in [-0.2, 0) is 14.4 Å². The predicted molar refractivity (Wildman–Crippen MR) is 81.5 cm³/mol. The molecule has 0 spiro atoms. The van der Waals surface area contributed by atoms with Crippen LogP contribution in [0.5, 0.6) is 0 Å². The van der Waals surface area contributed by atoms with Crippen LogP contribution in [0.25, 0.3) is 0 Å². The minimum Gasteiger partial charge on any atom is -0.343 e. The lowest BCUT2D eigenvalue weighted by Gasteiger charge is -2.33. The highest BCUT2D eigenvalue weighted by molar-refractivity contribution is 5.79. The molecule has 0 N–H and O–H groups in total. The zero-order valence-corrected chi connectivity index (χ0v) is 13.5. The van der Waals surface area contributed by atoms with Crippen LogP contribution in [-0.4, -0.2) is 41.5 Å². The molecule has 0 bridgehead atoms. The molecule has 2 fully saturated rings. The van der Waals surface area contributed by atoms with E-state index in [-0.39, 0.29) is 17.7 Å². The van der Waals surface area contributed by atoms with Crippen molar-refractivity contribution in [2.75, 3.05) is 19.7 Å². The average molecular weight is 338 g/mol. The van der Waals surface area contributed by atoms with Crippen molar-refractivity contribution in [2.24, 2.45) is 5.92 Å². The van der Waals surface area contributed by atoms with E-state index in [1.165, 1.54) is 24.1 Å². The quantitative estimate of drug-likeness (QED) is 0.832. The Balaban J connectivity index is 1.71. The third-order valence-corrected chi connectivity index (χ3v) is 4.68. The van der Waals surface area contributed by atoms with Crippen molar-refractivity contribution in [1.29, 1.82) is 0 Å². The number of likely N-dealkylation sites (tertiary alicyclic amines) is 1. The third kappa shape index (κ3) is 3.40. The van der Waals surface area contributed by atoms with E-state index in [1.54, 1.807) is 4.90 Å². The van der Waals surface area contributed by atoms with E-state index in [0.717, 1.165) is 6.07 Å². The topological polar surface area (TPSA) is 49.9 Å². The van der Waals surface area contributed by atoms with Gasteiger partial charge in [-0.2, -0.15) is 0 Å². The van der Waals surface area contributed by atoms with Crippen LogP contribution >= 0.6 is 0 Å². The summed E-state index contributed by atoms with van der Waals surface area (Å²) in [6, 6.07) is 2.80. The first kappa shape index (κ1) is 16.8. The number of rotatable bonds is 2. The summed E-state index contributed by atoms with van der Waals surface area (Å²) in [5, 5.41) is 1.27. The second-order valence-electron chi connectivity index (χ2n) is 6.28. The van der Waals surface area contributed by atoms with Gasteiger partial charge in [-0.15, -0.1) is 0 Å². The standard InChI is InChI=1S/C17H20F2N2O3/c1-11(22)20-5-2-12(3-6-20)17(23)21-16(4-7-24-21)13-8-14(18)10-15(19)9-13/h8-10,12,16H,2-7H2,1H3. The van der Waals surface area contributed by atoms with Crippen LogP contribution in [0.3, 0.4) is 0 Å². The van der Waals surface area contributed by atoms with Crippen molar-refractivity contribution in [3.05, 3.63) is 35.4 Å². The molecule has 1 aromatic carbocycles. The SMILES string of the molecule is CC(=O)N1CCC(C(=O)N2OCCC2c2cc(F)cc(F)c2)CC1. The number of amides is 2. The zero-order chi connectivity index (χ0) is 17.3. The van der Waals surface area contributed by atoms with Gasteiger partial charge in [0.15, 0.2) is 0 Å². The van der Waals surface area contributed by atoms with Crippen LogP contribution in [0.15, 0.2) is 18.2 Å².